The van der Waals surface area contributed by atoms with Crippen molar-refractivity contribution in [3.8, 4) is 17.6 Å². The van der Waals surface area contributed by atoms with Crippen LogP contribution in [0.15, 0.2) is 24.3 Å². The van der Waals surface area contributed by atoms with E-state index in [1.807, 2.05) is 6.07 Å². The third kappa shape index (κ3) is 2.88. The first-order valence-corrected chi connectivity index (χ1v) is 5.58. The number of aromatic nitrogens is 2. The SMILES string of the molecule is Cc1cc(OC(C)F)nn1-c1cc(F)cc(C#N)c1. The molecule has 1 heterocycles. The van der Waals surface area contributed by atoms with Gasteiger partial charge >= 0.3 is 0 Å². The van der Waals surface area contributed by atoms with Crippen LogP contribution in [0.2, 0.25) is 0 Å². The van der Waals surface area contributed by atoms with Crippen LogP contribution in [0.3, 0.4) is 0 Å². The Balaban J connectivity index is 2.44. The zero-order valence-electron chi connectivity index (χ0n) is 10.4. The van der Waals surface area contributed by atoms with E-state index in [0.29, 0.717) is 11.4 Å². The largest absolute Gasteiger partial charge is 0.442 e. The number of halogens is 2. The second-order valence-corrected chi connectivity index (χ2v) is 4.01. The third-order valence-corrected chi connectivity index (χ3v) is 2.40. The highest BCUT2D eigenvalue weighted by molar-refractivity contribution is 5.42. The van der Waals surface area contributed by atoms with Crippen molar-refractivity contribution in [3.63, 3.8) is 0 Å². The lowest BCUT2D eigenvalue weighted by Gasteiger charge is -2.05. The summed E-state index contributed by atoms with van der Waals surface area (Å²) in [7, 11) is 0. The van der Waals surface area contributed by atoms with Gasteiger partial charge < -0.3 is 4.74 Å². The lowest BCUT2D eigenvalue weighted by Crippen LogP contribution is -2.05. The molecule has 0 saturated heterocycles. The monoisotopic (exact) mass is 263 g/mol. The summed E-state index contributed by atoms with van der Waals surface area (Å²) in [5.74, 6) is -0.430. The highest BCUT2D eigenvalue weighted by Crippen LogP contribution is 2.19. The molecule has 0 aliphatic heterocycles. The number of hydrogen-bond acceptors (Lipinski definition) is 3. The van der Waals surface area contributed by atoms with Gasteiger partial charge in [0, 0.05) is 18.7 Å². The molecule has 0 aliphatic rings. The van der Waals surface area contributed by atoms with E-state index < -0.39 is 12.2 Å². The summed E-state index contributed by atoms with van der Waals surface area (Å²) < 4.78 is 32.3. The van der Waals surface area contributed by atoms with Crippen LogP contribution in [-0.2, 0) is 0 Å². The maximum Gasteiger partial charge on any atom is 0.237 e. The van der Waals surface area contributed by atoms with Crippen molar-refractivity contribution in [2.45, 2.75) is 20.2 Å². The molecule has 6 heteroatoms. The van der Waals surface area contributed by atoms with Crippen LogP contribution in [0, 0.1) is 24.1 Å². The van der Waals surface area contributed by atoms with Gasteiger partial charge in [0.15, 0.2) is 0 Å². The molecule has 0 fully saturated rings. The van der Waals surface area contributed by atoms with Crippen molar-refractivity contribution < 1.29 is 13.5 Å². The average Bonchev–Trinajstić information content (AvgIpc) is 2.68. The molecule has 1 aromatic heterocycles. The molecule has 0 aliphatic carbocycles. The lowest BCUT2D eigenvalue weighted by atomic mass is 10.2. The van der Waals surface area contributed by atoms with Crippen molar-refractivity contribution >= 4 is 0 Å². The molecule has 2 aromatic rings. The van der Waals surface area contributed by atoms with Gasteiger partial charge in [0.05, 0.1) is 17.3 Å². The fourth-order valence-electron chi connectivity index (χ4n) is 1.69. The molecule has 1 atom stereocenters. The lowest BCUT2D eigenvalue weighted by molar-refractivity contribution is 0.0805. The standard InChI is InChI=1S/C13H11F2N3O/c1-8-3-13(19-9(2)14)17-18(8)12-5-10(7-16)4-11(15)6-12/h3-6,9H,1-2H3. The summed E-state index contributed by atoms with van der Waals surface area (Å²) in [6.45, 7) is 2.96. The molecule has 0 spiro atoms. The molecular weight excluding hydrogens is 252 g/mol. The van der Waals surface area contributed by atoms with Gasteiger partial charge in [-0.15, -0.1) is 5.10 Å². The van der Waals surface area contributed by atoms with E-state index in [-0.39, 0.29) is 11.4 Å². The highest BCUT2D eigenvalue weighted by atomic mass is 19.1. The quantitative estimate of drug-likeness (QED) is 0.855. The zero-order chi connectivity index (χ0) is 14.0. The number of aryl methyl sites for hydroxylation is 1. The molecule has 2 rings (SSSR count). The average molecular weight is 263 g/mol. The fraction of sp³-hybridized carbons (Fsp3) is 0.231. The minimum absolute atomic E-state index is 0.107. The molecule has 98 valence electrons. The van der Waals surface area contributed by atoms with Gasteiger partial charge in [0.25, 0.3) is 0 Å². The number of hydrogen-bond donors (Lipinski definition) is 0. The smallest absolute Gasteiger partial charge is 0.237 e. The van der Waals surface area contributed by atoms with Crippen molar-refractivity contribution in [3.05, 3.63) is 41.3 Å². The van der Waals surface area contributed by atoms with Gasteiger partial charge in [0.2, 0.25) is 12.2 Å². The molecule has 0 N–H and O–H groups in total. The van der Waals surface area contributed by atoms with Gasteiger partial charge in [-0.3, -0.25) is 0 Å². The maximum absolute atomic E-state index is 13.4. The number of rotatable bonds is 3. The Morgan fingerprint density at radius 1 is 1.37 bits per heavy atom. The number of nitriles is 1. The molecule has 4 nitrogen and oxygen atoms in total. The van der Waals surface area contributed by atoms with Crippen LogP contribution in [0.25, 0.3) is 5.69 Å². The Kier molecular flexibility index (Phi) is 3.47. The van der Waals surface area contributed by atoms with Crippen molar-refractivity contribution in [1.29, 1.82) is 5.26 Å². The summed E-state index contributed by atoms with van der Waals surface area (Å²) in [5, 5.41) is 12.8. The van der Waals surface area contributed by atoms with E-state index in [4.69, 9.17) is 10.00 Å². The predicted octanol–water partition coefficient (Wildman–Crippen LogP) is 2.89. The number of nitrogens with zero attached hydrogens (tertiary/aromatic N) is 3. The fourth-order valence-corrected chi connectivity index (χ4v) is 1.69. The predicted molar refractivity (Wildman–Crippen MR) is 64.2 cm³/mol. The second-order valence-electron chi connectivity index (χ2n) is 4.01. The first kappa shape index (κ1) is 13.0. The molecule has 19 heavy (non-hydrogen) atoms. The van der Waals surface area contributed by atoms with Crippen LogP contribution < -0.4 is 4.74 Å². The molecular formula is C13H11F2N3O. The minimum atomic E-state index is -1.48. The molecule has 0 saturated carbocycles. The number of benzene rings is 1. The van der Waals surface area contributed by atoms with Crippen LogP contribution in [0.5, 0.6) is 5.88 Å². The zero-order valence-corrected chi connectivity index (χ0v) is 10.4. The first-order chi connectivity index (χ1) is 8.99. The minimum Gasteiger partial charge on any atom is -0.442 e. The topological polar surface area (TPSA) is 50.8 Å². The molecule has 1 unspecified atom stereocenters. The normalized spacial score (nSPS) is 11.9. The van der Waals surface area contributed by atoms with Gasteiger partial charge in [-0.05, 0) is 25.1 Å². The van der Waals surface area contributed by atoms with Crippen LogP contribution in [0.4, 0.5) is 8.78 Å². The summed E-state index contributed by atoms with van der Waals surface area (Å²) >= 11 is 0. The summed E-state index contributed by atoms with van der Waals surface area (Å²) in [6, 6.07) is 7.26. The molecule has 0 bridgehead atoms. The van der Waals surface area contributed by atoms with Gasteiger partial charge in [-0.25, -0.2) is 13.5 Å². The van der Waals surface area contributed by atoms with E-state index in [0.717, 1.165) is 6.07 Å². The Morgan fingerprint density at radius 2 is 2.11 bits per heavy atom. The highest BCUT2D eigenvalue weighted by Gasteiger charge is 2.11. The van der Waals surface area contributed by atoms with Crippen LogP contribution in [0.1, 0.15) is 18.2 Å². The molecule has 0 amide bonds. The Bertz CT molecular complexity index is 644. The van der Waals surface area contributed by atoms with Gasteiger partial charge in [-0.2, -0.15) is 5.26 Å². The van der Waals surface area contributed by atoms with E-state index in [2.05, 4.69) is 5.10 Å². The Hall–Kier alpha value is -2.42. The molecule has 0 radical (unpaired) electrons. The summed E-state index contributed by atoms with van der Waals surface area (Å²) in [4.78, 5) is 0. The van der Waals surface area contributed by atoms with E-state index in [1.165, 1.54) is 29.8 Å². The number of ether oxygens (including phenoxy) is 1. The van der Waals surface area contributed by atoms with E-state index >= 15 is 0 Å². The summed E-state index contributed by atoms with van der Waals surface area (Å²) in [6.07, 6.45) is -1.48. The maximum atomic E-state index is 13.4. The van der Waals surface area contributed by atoms with Crippen molar-refractivity contribution in [2.75, 3.05) is 0 Å². The molecule has 1 aromatic carbocycles. The van der Waals surface area contributed by atoms with Crippen molar-refractivity contribution in [1.82, 2.24) is 9.78 Å². The Morgan fingerprint density at radius 3 is 2.74 bits per heavy atom. The van der Waals surface area contributed by atoms with E-state index in [1.54, 1.807) is 6.92 Å². The van der Waals surface area contributed by atoms with Crippen LogP contribution >= 0.6 is 0 Å². The number of alkyl halides is 1. The van der Waals surface area contributed by atoms with Gasteiger partial charge in [0.1, 0.15) is 5.82 Å². The second kappa shape index (κ2) is 5.06. The first-order valence-electron chi connectivity index (χ1n) is 5.58. The van der Waals surface area contributed by atoms with Gasteiger partial charge in [-0.1, -0.05) is 0 Å². The third-order valence-electron chi connectivity index (χ3n) is 2.40. The van der Waals surface area contributed by atoms with E-state index in [9.17, 15) is 8.78 Å². The van der Waals surface area contributed by atoms with Crippen LogP contribution in [-0.4, -0.2) is 16.1 Å². The summed E-state index contributed by atoms with van der Waals surface area (Å²) in [5.41, 5.74) is 1.21. The Labute approximate surface area is 108 Å². The van der Waals surface area contributed by atoms with Crippen molar-refractivity contribution in [2.24, 2.45) is 0 Å².